The fourth-order valence-corrected chi connectivity index (χ4v) is 2.32. The van der Waals surface area contributed by atoms with Crippen molar-refractivity contribution in [3.8, 4) is 0 Å². The maximum absolute atomic E-state index is 12.3. The smallest absolute Gasteiger partial charge is 0.255 e. The standard InChI is InChI=1S/C20H24N2O2/c1-3-4-5-13-21-19(23)16-7-6-8-17(14-16)20(24)22-18-11-9-15(2)10-12-18/h6-12,14H,3-5,13H2,1-2H3,(H,21,23)(H,22,24). The fraction of sp³-hybridized carbons (Fsp3) is 0.300. The first kappa shape index (κ1) is 17.7. The Morgan fingerprint density at radius 2 is 1.58 bits per heavy atom. The Morgan fingerprint density at radius 3 is 2.25 bits per heavy atom. The van der Waals surface area contributed by atoms with Crippen LogP contribution >= 0.6 is 0 Å². The molecule has 2 aromatic carbocycles. The third kappa shape index (κ3) is 5.23. The SMILES string of the molecule is CCCCCNC(=O)c1cccc(C(=O)Nc2ccc(C)cc2)c1. The number of hydrogen-bond donors (Lipinski definition) is 2. The van der Waals surface area contributed by atoms with E-state index in [-0.39, 0.29) is 11.8 Å². The molecule has 24 heavy (non-hydrogen) atoms. The zero-order valence-corrected chi connectivity index (χ0v) is 14.3. The van der Waals surface area contributed by atoms with Gasteiger partial charge in [0, 0.05) is 23.4 Å². The molecule has 0 aromatic heterocycles. The second kappa shape index (κ2) is 8.87. The van der Waals surface area contributed by atoms with Crippen LogP contribution in [0.3, 0.4) is 0 Å². The number of anilines is 1. The van der Waals surface area contributed by atoms with E-state index in [1.807, 2.05) is 31.2 Å². The minimum absolute atomic E-state index is 0.143. The van der Waals surface area contributed by atoms with E-state index in [2.05, 4.69) is 17.6 Å². The van der Waals surface area contributed by atoms with Gasteiger partial charge in [0.15, 0.2) is 0 Å². The van der Waals surface area contributed by atoms with E-state index in [1.54, 1.807) is 24.3 Å². The summed E-state index contributed by atoms with van der Waals surface area (Å²) in [6, 6.07) is 14.4. The van der Waals surface area contributed by atoms with Crippen molar-refractivity contribution in [2.75, 3.05) is 11.9 Å². The van der Waals surface area contributed by atoms with Gasteiger partial charge in [-0.15, -0.1) is 0 Å². The van der Waals surface area contributed by atoms with Gasteiger partial charge in [-0.2, -0.15) is 0 Å². The summed E-state index contributed by atoms with van der Waals surface area (Å²) < 4.78 is 0. The molecular formula is C20H24N2O2. The molecule has 2 rings (SSSR count). The molecule has 4 nitrogen and oxygen atoms in total. The molecule has 0 aliphatic rings. The number of carbonyl (C=O) groups excluding carboxylic acids is 2. The van der Waals surface area contributed by atoms with Crippen LogP contribution in [-0.2, 0) is 0 Å². The Morgan fingerprint density at radius 1 is 0.917 bits per heavy atom. The summed E-state index contributed by atoms with van der Waals surface area (Å²) >= 11 is 0. The van der Waals surface area contributed by atoms with E-state index in [0.717, 1.165) is 30.5 Å². The van der Waals surface area contributed by atoms with E-state index in [1.165, 1.54) is 0 Å². The maximum Gasteiger partial charge on any atom is 0.255 e. The number of hydrogen-bond acceptors (Lipinski definition) is 2. The molecule has 0 aliphatic carbocycles. The first-order valence-electron chi connectivity index (χ1n) is 8.36. The molecule has 126 valence electrons. The van der Waals surface area contributed by atoms with Crippen molar-refractivity contribution < 1.29 is 9.59 Å². The highest BCUT2D eigenvalue weighted by molar-refractivity contribution is 6.06. The normalized spacial score (nSPS) is 10.2. The van der Waals surface area contributed by atoms with Crippen molar-refractivity contribution in [1.82, 2.24) is 5.32 Å². The summed E-state index contributed by atoms with van der Waals surface area (Å²) in [6.45, 7) is 4.78. The van der Waals surface area contributed by atoms with Gasteiger partial charge in [-0.3, -0.25) is 9.59 Å². The average molecular weight is 324 g/mol. The highest BCUT2D eigenvalue weighted by atomic mass is 16.2. The van der Waals surface area contributed by atoms with Crippen LogP contribution in [0.15, 0.2) is 48.5 Å². The molecule has 0 fully saturated rings. The molecular weight excluding hydrogens is 300 g/mol. The predicted octanol–water partition coefficient (Wildman–Crippen LogP) is 4.17. The predicted molar refractivity (Wildman–Crippen MR) is 97.4 cm³/mol. The number of unbranched alkanes of at least 4 members (excludes halogenated alkanes) is 2. The largest absolute Gasteiger partial charge is 0.352 e. The lowest BCUT2D eigenvalue weighted by atomic mass is 10.1. The van der Waals surface area contributed by atoms with Crippen molar-refractivity contribution in [1.29, 1.82) is 0 Å². The van der Waals surface area contributed by atoms with Gasteiger partial charge in [-0.25, -0.2) is 0 Å². The number of benzene rings is 2. The molecule has 2 aromatic rings. The minimum Gasteiger partial charge on any atom is -0.352 e. The van der Waals surface area contributed by atoms with Crippen molar-refractivity contribution >= 4 is 17.5 Å². The Bertz CT molecular complexity index is 693. The summed E-state index contributed by atoms with van der Waals surface area (Å²) in [5, 5.41) is 5.73. The topological polar surface area (TPSA) is 58.2 Å². The molecule has 4 heteroatoms. The average Bonchev–Trinajstić information content (AvgIpc) is 2.60. The van der Waals surface area contributed by atoms with E-state index >= 15 is 0 Å². The maximum atomic E-state index is 12.3. The lowest BCUT2D eigenvalue weighted by Crippen LogP contribution is -2.24. The van der Waals surface area contributed by atoms with Gasteiger partial charge in [0.05, 0.1) is 0 Å². The highest BCUT2D eigenvalue weighted by Crippen LogP contribution is 2.12. The van der Waals surface area contributed by atoms with Crippen molar-refractivity contribution in [2.45, 2.75) is 33.1 Å². The Kier molecular flexibility index (Phi) is 6.55. The van der Waals surface area contributed by atoms with Gasteiger partial charge in [0.2, 0.25) is 0 Å². The van der Waals surface area contributed by atoms with Crippen molar-refractivity contribution in [3.63, 3.8) is 0 Å². The molecule has 2 N–H and O–H groups in total. The van der Waals surface area contributed by atoms with Crippen LogP contribution in [0.5, 0.6) is 0 Å². The molecule has 0 unspecified atom stereocenters. The Hall–Kier alpha value is -2.62. The number of nitrogens with one attached hydrogen (secondary N) is 2. The zero-order chi connectivity index (χ0) is 17.4. The van der Waals surface area contributed by atoms with Crippen LogP contribution in [0.1, 0.15) is 52.5 Å². The van der Waals surface area contributed by atoms with Crippen LogP contribution in [-0.4, -0.2) is 18.4 Å². The van der Waals surface area contributed by atoms with Gasteiger partial charge in [0.25, 0.3) is 11.8 Å². The van der Waals surface area contributed by atoms with E-state index in [4.69, 9.17) is 0 Å². The molecule has 0 saturated heterocycles. The molecule has 2 amide bonds. The number of aryl methyl sites for hydroxylation is 1. The summed E-state index contributed by atoms with van der Waals surface area (Å²) in [5.41, 5.74) is 2.84. The van der Waals surface area contributed by atoms with Gasteiger partial charge in [0.1, 0.15) is 0 Å². The Balaban J connectivity index is 1.99. The van der Waals surface area contributed by atoms with Crippen molar-refractivity contribution in [2.24, 2.45) is 0 Å². The number of rotatable bonds is 7. The zero-order valence-electron chi connectivity index (χ0n) is 14.3. The third-order valence-electron chi connectivity index (χ3n) is 3.76. The quantitative estimate of drug-likeness (QED) is 0.751. The van der Waals surface area contributed by atoms with Crippen LogP contribution in [0.4, 0.5) is 5.69 Å². The van der Waals surface area contributed by atoms with Gasteiger partial charge < -0.3 is 10.6 Å². The van der Waals surface area contributed by atoms with Crippen LogP contribution in [0.2, 0.25) is 0 Å². The van der Waals surface area contributed by atoms with Crippen LogP contribution < -0.4 is 10.6 Å². The molecule has 0 aliphatic heterocycles. The highest BCUT2D eigenvalue weighted by Gasteiger charge is 2.10. The molecule has 0 radical (unpaired) electrons. The summed E-state index contributed by atoms with van der Waals surface area (Å²) in [7, 11) is 0. The molecule has 0 atom stereocenters. The first-order valence-corrected chi connectivity index (χ1v) is 8.36. The van der Waals surface area contributed by atoms with E-state index < -0.39 is 0 Å². The van der Waals surface area contributed by atoms with Crippen LogP contribution in [0.25, 0.3) is 0 Å². The lowest BCUT2D eigenvalue weighted by molar-refractivity contribution is 0.0953. The van der Waals surface area contributed by atoms with Gasteiger partial charge in [-0.1, -0.05) is 43.5 Å². The van der Waals surface area contributed by atoms with Gasteiger partial charge >= 0.3 is 0 Å². The minimum atomic E-state index is -0.223. The Labute approximate surface area is 143 Å². The van der Waals surface area contributed by atoms with Crippen LogP contribution in [0, 0.1) is 6.92 Å². The summed E-state index contributed by atoms with van der Waals surface area (Å²) in [6.07, 6.45) is 3.18. The second-order valence-electron chi connectivity index (χ2n) is 5.86. The van der Waals surface area contributed by atoms with Gasteiger partial charge in [-0.05, 0) is 43.7 Å². The van der Waals surface area contributed by atoms with E-state index in [0.29, 0.717) is 17.7 Å². The molecule has 0 saturated carbocycles. The van der Waals surface area contributed by atoms with E-state index in [9.17, 15) is 9.59 Å². The second-order valence-corrected chi connectivity index (χ2v) is 5.86. The summed E-state index contributed by atoms with van der Waals surface area (Å²) in [4.78, 5) is 24.5. The first-order chi connectivity index (χ1) is 11.6. The third-order valence-corrected chi connectivity index (χ3v) is 3.76. The molecule has 0 bridgehead atoms. The number of carbonyl (C=O) groups is 2. The summed E-state index contributed by atoms with van der Waals surface area (Å²) in [5.74, 6) is -0.365. The molecule has 0 heterocycles. The monoisotopic (exact) mass is 324 g/mol. The number of amides is 2. The molecule has 0 spiro atoms. The van der Waals surface area contributed by atoms with Crippen molar-refractivity contribution in [3.05, 3.63) is 65.2 Å². The fourth-order valence-electron chi connectivity index (χ4n) is 2.32. The lowest BCUT2D eigenvalue weighted by Gasteiger charge is -2.08.